The molecule has 4 rings (SSSR count). The number of aryl methyl sites for hydroxylation is 1. The van der Waals surface area contributed by atoms with E-state index in [2.05, 4.69) is 4.98 Å². The third kappa shape index (κ3) is 1.91. The Bertz CT molecular complexity index is 864. The molecule has 3 aromatic rings. The Morgan fingerprint density at radius 2 is 2.18 bits per heavy atom. The van der Waals surface area contributed by atoms with Crippen molar-refractivity contribution in [1.82, 2.24) is 9.38 Å². The van der Waals surface area contributed by atoms with Gasteiger partial charge in [0.05, 0.1) is 24.4 Å². The van der Waals surface area contributed by atoms with E-state index >= 15 is 0 Å². The van der Waals surface area contributed by atoms with Gasteiger partial charge in [0, 0.05) is 16.6 Å². The van der Waals surface area contributed by atoms with Crippen molar-refractivity contribution >= 4 is 22.3 Å². The SMILES string of the molecule is COc1ccc(-c2cn3c4c(sc3n2)CCC4C(=O)O)cc1. The molecule has 0 saturated heterocycles. The number of thiazole rings is 1. The number of methoxy groups -OCH3 is 1. The van der Waals surface area contributed by atoms with Gasteiger partial charge < -0.3 is 9.84 Å². The number of hydrogen-bond donors (Lipinski definition) is 1. The number of imidazole rings is 1. The fourth-order valence-electron chi connectivity index (χ4n) is 3.00. The van der Waals surface area contributed by atoms with Crippen LogP contribution in [0.5, 0.6) is 5.75 Å². The summed E-state index contributed by atoms with van der Waals surface area (Å²) in [6.07, 6.45) is 3.45. The van der Waals surface area contributed by atoms with E-state index in [0.29, 0.717) is 6.42 Å². The van der Waals surface area contributed by atoms with Gasteiger partial charge in [0.1, 0.15) is 5.75 Å². The highest BCUT2D eigenvalue weighted by Crippen LogP contribution is 2.39. The molecule has 2 aromatic heterocycles. The molecule has 0 amide bonds. The second-order valence-electron chi connectivity index (χ2n) is 5.35. The lowest BCUT2D eigenvalue weighted by molar-refractivity contribution is -0.138. The van der Waals surface area contributed by atoms with Crippen LogP contribution in [0.1, 0.15) is 22.9 Å². The molecule has 2 heterocycles. The molecule has 1 aliphatic carbocycles. The number of hydrogen-bond acceptors (Lipinski definition) is 4. The van der Waals surface area contributed by atoms with Crippen molar-refractivity contribution in [2.24, 2.45) is 0 Å². The number of carbonyl (C=O) groups is 1. The van der Waals surface area contributed by atoms with Crippen LogP contribution in [0, 0.1) is 0 Å². The summed E-state index contributed by atoms with van der Waals surface area (Å²) >= 11 is 1.59. The van der Waals surface area contributed by atoms with Gasteiger partial charge in [0.15, 0.2) is 4.96 Å². The van der Waals surface area contributed by atoms with Crippen LogP contribution < -0.4 is 4.74 Å². The van der Waals surface area contributed by atoms with Crippen LogP contribution in [0.3, 0.4) is 0 Å². The van der Waals surface area contributed by atoms with Crippen molar-refractivity contribution in [2.45, 2.75) is 18.8 Å². The molecule has 0 spiro atoms. The van der Waals surface area contributed by atoms with Gasteiger partial charge in [-0.25, -0.2) is 4.98 Å². The Kier molecular flexibility index (Phi) is 2.94. The first-order chi connectivity index (χ1) is 10.7. The van der Waals surface area contributed by atoms with Gasteiger partial charge in [0.2, 0.25) is 0 Å². The van der Waals surface area contributed by atoms with Crippen LogP contribution in [0.2, 0.25) is 0 Å². The van der Waals surface area contributed by atoms with Gasteiger partial charge in [-0.2, -0.15) is 0 Å². The van der Waals surface area contributed by atoms with Crippen molar-refractivity contribution in [1.29, 1.82) is 0 Å². The zero-order valence-corrected chi connectivity index (χ0v) is 12.8. The lowest BCUT2D eigenvalue weighted by Gasteiger charge is -2.04. The van der Waals surface area contributed by atoms with E-state index in [0.717, 1.165) is 39.0 Å². The summed E-state index contributed by atoms with van der Waals surface area (Å²) in [5, 5.41) is 9.38. The number of ether oxygens (including phenoxy) is 1. The first kappa shape index (κ1) is 13.3. The number of fused-ring (bicyclic) bond motifs is 3. The summed E-state index contributed by atoms with van der Waals surface area (Å²) in [4.78, 5) is 18.1. The third-order valence-corrected chi connectivity index (χ3v) is 5.24. The molecule has 112 valence electrons. The Morgan fingerprint density at radius 3 is 2.86 bits per heavy atom. The zero-order valence-electron chi connectivity index (χ0n) is 11.9. The van der Waals surface area contributed by atoms with Crippen LogP contribution in [0.15, 0.2) is 30.5 Å². The molecule has 5 nitrogen and oxygen atoms in total. The molecule has 1 aliphatic rings. The largest absolute Gasteiger partial charge is 0.497 e. The van der Waals surface area contributed by atoms with Crippen LogP contribution in [-0.2, 0) is 11.2 Å². The Balaban J connectivity index is 1.80. The van der Waals surface area contributed by atoms with Crippen molar-refractivity contribution in [3.63, 3.8) is 0 Å². The van der Waals surface area contributed by atoms with Crippen LogP contribution in [-0.4, -0.2) is 27.6 Å². The minimum absolute atomic E-state index is 0.415. The van der Waals surface area contributed by atoms with E-state index < -0.39 is 11.9 Å². The molecule has 0 saturated carbocycles. The Hall–Kier alpha value is -2.34. The molecule has 22 heavy (non-hydrogen) atoms. The molecule has 0 aliphatic heterocycles. The number of carboxylic acids is 1. The van der Waals surface area contributed by atoms with Crippen molar-refractivity contribution in [3.05, 3.63) is 41.0 Å². The predicted octanol–water partition coefficient (Wildman–Crippen LogP) is 3.19. The van der Waals surface area contributed by atoms with E-state index in [1.165, 1.54) is 0 Å². The van der Waals surface area contributed by atoms with Crippen molar-refractivity contribution in [2.75, 3.05) is 7.11 Å². The number of rotatable bonds is 3. The molecule has 0 bridgehead atoms. The topological polar surface area (TPSA) is 63.8 Å². The van der Waals surface area contributed by atoms with Gasteiger partial charge in [-0.15, -0.1) is 11.3 Å². The minimum atomic E-state index is -0.752. The second kappa shape index (κ2) is 4.84. The van der Waals surface area contributed by atoms with Gasteiger partial charge >= 0.3 is 5.97 Å². The lowest BCUT2D eigenvalue weighted by Crippen LogP contribution is -2.09. The number of benzene rings is 1. The maximum atomic E-state index is 11.4. The summed E-state index contributed by atoms with van der Waals surface area (Å²) in [7, 11) is 1.64. The zero-order chi connectivity index (χ0) is 15.3. The normalized spacial score (nSPS) is 16.9. The number of aliphatic carboxylic acids is 1. The molecule has 1 atom stereocenters. The Morgan fingerprint density at radius 1 is 1.41 bits per heavy atom. The third-order valence-electron chi connectivity index (χ3n) is 4.11. The summed E-state index contributed by atoms with van der Waals surface area (Å²) < 4.78 is 7.11. The fraction of sp³-hybridized carbons (Fsp3) is 0.250. The average molecular weight is 314 g/mol. The molecule has 6 heteroatoms. The first-order valence-electron chi connectivity index (χ1n) is 7.05. The van der Waals surface area contributed by atoms with E-state index in [-0.39, 0.29) is 0 Å². The average Bonchev–Trinajstić information content (AvgIpc) is 3.17. The standard InChI is InChI=1S/C16H14N2O3S/c1-21-10-4-2-9(3-5-10)12-8-18-14-11(15(19)20)6-7-13(14)22-16(18)17-12/h2-5,8,11H,6-7H2,1H3,(H,19,20). The molecular formula is C16H14N2O3S. The van der Waals surface area contributed by atoms with Gasteiger partial charge in [-0.05, 0) is 37.1 Å². The molecular weight excluding hydrogens is 300 g/mol. The number of nitrogens with zero attached hydrogens (tertiary/aromatic N) is 2. The summed E-state index contributed by atoms with van der Waals surface area (Å²) in [5.74, 6) is -0.364. The van der Waals surface area contributed by atoms with E-state index in [9.17, 15) is 9.90 Å². The van der Waals surface area contributed by atoms with E-state index in [1.54, 1.807) is 18.4 Å². The van der Waals surface area contributed by atoms with Crippen LogP contribution in [0.4, 0.5) is 0 Å². The predicted molar refractivity (Wildman–Crippen MR) is 83.8 cm³/mol. The molecule has 1 unspecified atom stereocenters. The molecule has 1 aromatic carbocycles. The Labute approximate surface area is 130 Å². The maximum absolute atomic E-state index is 11.4. The van der Waals surface area contributed by atoms with Gasteiger partial charge in [-0.3, -0.25) is 9.20 Å². The van der Waals surface area contributed by atoms with Gasteiger partial charge in [-0.1, -0.05) is 0 Å². The second-order valence-corrected chi connectivity index (χ2v) is 6.41. The van der Waals surface area contributed by atoms with Crippen molar-refractivity contribution in [3.8, 4) is 17.0 Å². The summed E-state index contributed by atoms with van der Waals surface area (Å²) in [5.41, 5.74) is 2.75. The first-order valence-corrected chi connectivity index (χ1v) is 7.87. The highest BCUT2D eigenvalue weighted by atomic mass is 32.1. The molecule has 0 radical (unpaired) electrons. The summed E-state index contributed by atoms with van der Waals surface area (Å²) in [6.45, 7) is 0. The highest BCUT2D eigenvalue weighted by molar-refractivity contribution is 7.17. The number of carboxylic acid groups (broad SMARTS) is 1. The molecule has 1 N–H and O–H groups in total. The molecule has 0 fully saturated rings. The summed E-state index contributed by atoms with van der Waals surface area (Å²) in [6, 6.07) is 7.71. The fourth-order valence-corrected chi connectivity index (χ4v) is 4.18. The van der Waals surface area contributed by atoms with E-state index in [4.69, 9.17) is 4.74 Å². The van der Waals surface area contributed by atoms with Crippen molar-refractivity contribution < 1.29 is 14.6 Å². The highest BCUT2D eigenvalue weighted by Gasteiger charge is 2.33. The smallest absolute Gasteiger partial charge is 0.312 e. The monoisotopic (exact) mass is 314 g/mol. The lowest BCUT2D eigenvalue weighted by atomic mass is 10.1. The van der Waals surface area contributed by atoms with Crippen LogP contribution in [0.25, 0.3) is 16.2 Å². The maximum Gasteiger partial charge on any atom is 0.312 e. The quantitative estimate of drug-likeness (QED) is 0.806. The van der Waals surface area contributed by atoms with E-state index in [1.807, 2.05) is 34.9 Å². The van der Waals surface area contributed by atoms with Crippen LogP contribution >= 0.6 is 11.3 Å². The van der Waals surface area contributed by atoms with Gasteiger partial charge in [0.25, 0.3) is 0 Å². The number of aromatic nitrogens is 2. The minimum Gasteiger partial charge on any atom is -0.497 e.